The van der Waals surface area contributed by atoms with Gasteiger partial charge >= 0.3 is 6.09 Å². The van der Waals surface area contributed by atoms with Gasteiger partial charge in [-0.3, -0.25) is 0 Å². The Hall–Kier alpha value is -1.58. The van der Waals surface area contributed by atoms with Crippen LogP contribution in [-0.4, -0.2) is 36.3 Å². The van der Waals surface area contributed by atoms with Crippen molar-refractivity contribution in [3.63, 3.8) is 0 Å². The molecule has 0 spiro atoms. The summed E-state index contributed by atoms with van der Waals surface area (Å²) in [5.74, 6) is 0.355. The van der Waals surface area contributed by atoms with Gasteiger partial charge in [-0.1, -0.05) is 12.1 Å². The summed E-state index contributed by atoms with van der Waals surface area (Å²) in [6.07, 6.45) is -0.461. The molecule has 0 fully saturated rings. The van der Waals surface area contributed by atoms with Crippen LogP contribution in [-0.2, 0) is 11.3 Å². The Morgan fingerprint density at radius 1 is 1.11 bits per heavy atom. The fourth-order valence-electron chi connectivity index (χ4n) is 2.03. The molecule has 0 unspecified atom stereocenters. The van der Waals surface area contributed by atoms with Crippen LogP contribution in [0.3, 0.4) is 0 Å². The Kier molecular flexibility index (Phi) is 10.6. The summed E-state index contributed by atoms with van der Waals surface area (Å²) < 4.78 is 18.2. The SMILES string of the molecule is CCNC(=NCc1ccc(F)cc1)NCC(C)(C)NC(=O)OC(C)(C)C.I. The van der Waals surface area contributed by atoms with Crippen molar-refractivity contribution in [2.45, 2.75) is 59.2 Å². The first-order valence-corrected chi connectivity index (χ1v) is 8.78. The van der Waals surface area contributed by atoms with Gasteiger partial charge in [-0.15, -0.1) is 24.0 Å². The van der Waals surface area contributed by atoms with E-state index in [1.165, 1.54) is 12.1 Å². The Bertz CT molecular complexity index is 613. The van der Waals surface area contributed by atoms with Crippen LogP contribution < -0.4 is 16.0 Å². The number of guanidine groups is 1. The van der Waals surface area contributed by atoms with Crippen LogP contribution in [0.5, 0.6) is 0 Å². The van der Waals surface area contributed by atoms with E-state index in [4.69, 9.17) is 4.74 Å². The number of hydrogen-bond donors (Lipinski definition) is 3. The van der Waals surface area contributed by atoms with E-state index in [-0.39, 0.29) is 29.8 Å². The molecule has 1 amide bonds. The second-order valence-corrected chi connectivity index (χ2v) is 7.69. The number of nitrogens with zero attached hydrogens (tertiary/aromatic N) is 1. The van der Waals surface area contributed by atoms with E-state index >= 15 is 0 Å². The molecule has 0 aliphatic heterocycles. The number of aliphatic imine (C=N–C) groups is 1. The fourth-order valence-corrected chi connectivity index (χ4v) is 2.03. The van der Waals surface area contributed by atoms with Crippen molar-refractivity contribution in [1.82, 2.24) is 16.0 Å². The maximum Gasteiger partial charge on any atom is 0.408 e. The van der Waals surface area contributed by atoms with Gasteiger partial charge in [0.2, 0.25) is 0 Å². The molecule has 27 heavy (non-hydrogen) atoms. The second-order valence-electron chi connectivity index (χ2n) is 7.69. The molecule has 8 heteroatoms. The monoisotopic (exact) mass is 494 g/mol. The molecule has 1 rings (SSSR count). The minimum Gasteiger partial charge on any atom is -0.444 e. The number of alkyl carbamates (subject to hydrolysis) is 1. The van der Waals surface area contributed by atoms with Crippen molar-refractivity contribution in [3.8, 4) is 0 Å². The molecule has 154 valence electrons. The molecule has 0 aliphatic rings. The molecule has 6 nitrogen and oxygen atoms in total. The lowest BCUT2D eigenvalue weighted by Crippen LogP contribution is -2.54. The third kappa shape index (κ3) is 11.7. The van der Waals surface area contributed by atoms with Crippen molar-refractivity contribution < 1.29 is 13.9 Å². The number of carbonyl (C=O) groups is 1. The summed E-state index contributed by atoms with van der Waals surface area (Å²) in [6.45, 7) is 12.8. The number of hydrogen-bond acceptors (Lipinski definition) is 3. The summed E-state index contributed by atoms with van der Waals surface area (Å²) in [6, 6.07) is 6.24. The molecule has 1 aromatic carbocycles. The molecule has 0 aromatic heterocycles. The van der Waals surface area contributed by atoms with Gasteiger partial charge in [0.25, 0.3) is 0 Å². The lowest BCUT2D eigenvalue weighted by atomic mass is 10.1. The minimum atomic E-state index is -0.543. The second kappa shape index (κ2) is 11.3. The standard InChI is InChI=1S/C19H31FN4O2.HI/c1-7-21-16(22-12-14-8-10-15(20)11-9-14)23-13-19(5,6)24-17(25)26-18(2,3)4;/h8-11H,7,12-13H2,1-6H3,(H,24,25)(H2,21,22,23);1H. The van der Waals surface area contributed by atoms with Gasteiger partial charge in [-0.05, 0) is 59.2 Å². The number of amides is 1. The molecule has 0 bridgehead atoms. The van der Waals surface area contributed by atoms with Crippen LogP contribution >= 0.6 is 24.0 Å². The summed E-state index contributed by atoms with van der Waals surface area (Å²) in [5.41, 5.74) is -0.164. The van der Waals surface area contributed by atoms with E-state index in [1.807, 2.05) is 41.5 Å². The molecule has 0 atom stereocenters. The first kappa shape index (κ1) is 25.4. The lowest BCUT2D eigenvalue weighted by Gasteiger charge is -2.29. The Morgan fingerprint density at radius 2 is 1.70 bits per heavy atom. The van der Waals surface area contributed by atoms with Crippen molar-refractivity contribution in [2.75, 3.05) is 13.1 Å². The van der Waals surface area contributed by atoms with Gasteiger partial charge in [0.15, 0.2) is 5.96 Å². The van der Waals surface area contributed by atoms with Gasteiger partial charge in [0, 0.05) is 13.1 Å². The van der Waals surface area contributed by atoms with Crippen LogP contribution in [0.25, 0.3) is 0 Å². The zero-order valence-corrected chi connectivity index (χ0v) is 19.3. The largest absolute Gasteiger partial charge is 0.444 e. The molecule has 0 radical (unpaired) electrons. The Labute approximate surface area is 178 Å². The van der Waals surface area contributed by atoms with E-state index in [1.54, 1.807) is 12.1 Å². The van der Waals surface area contributed by atoms with E-state index in [9.17, 15) is 9.18 Å². The summed E-state index contributed by atoms with van der Waals surface area (Å²) in [7, 11) is 0. The first-order chi connectivity index (χ1) is 12.0. The number of halogens is 2. The topological polar surface area (TPSA) is 74.8 Å². The van der Waals surface area contributed by atoms with Gasteiger partial charge in [0.1, 0.15) is 11.4 Å². The Balaban J connectivity index is 0.00000676. The van der Waals surface area contributed by atoms with Gasteiger partial charge in [0.05, 0.1) is 12.1 Å². The highest BCUT2D eigenvalue weighted by Crippen LogP contribution is 2.09. The van der Waals surface area contributed by atoms with E-state index < -0.39 is 17.2 Å². The van der Waals surface area contributed by atoms with Crippen LogP contribution in [0.15, 0.2) is 29.3 Å². The average molecular weight is 494 g/mol. The molecular formula is C19H32FIN4O2. The maximum atomic E-state index is 13.0. The van der Waals surface area contributed by atoms with Crippen LogP contribution in [0.1, 0.15) is 47.1 Å². The lowest BCUT2D eigenvalue weighted by molar-refractivity contribution is 0.0474. The number of ether oxygens (including phenoxy) is 1. The van der Waals surface area contributed by atoms with E-state index in [2.05, 4.69) is 20.9 Å². The number of nitrogens with one attached hydrogen (secondary N) is 3. The molecule has 0 heterocycles. The van der Waals surface area contributed by atoms with Gasteiger partial charge < -0.3 is 20.7 Å². The van der Waals surface area contributed by atoms with E-state index in [0.717, 1.165) is 5.56 Å². The van der Waals surface area contributed by atoms with Gasteiger partial charge in [-0.2, -0.15) is 0 Å². The fraction of sp³-hybridized carbons (Fsp3) is 0.579. The molecule has 0 aliphatic carbocycles. The van der Waals surface area contributed by atoms with Crippen molar-refractivity contribution >= 4 is 36.0 Å². The van der Waals surface area contributed by atoms with Crippen molar-refractivity contribution in [2.24, 2.45) is 4.99 Å². The summed E-state index contributed by atoms with van der Waals surface area (Å²) >= 11 is 0. The number of benzene rings is 1. The quantitative estimate of drug-likeness (QED) is 0.320. The van der Waals surface area contributed by atoms with Crippen LogP contribution in [0.4, 0.5) is 9.18 Å². The average Bonchev–Trinajstić information content (AvgIpc) is 2.49. The maximum absolute atomic E-state index is 13.0. The molecule has 0 saturated carbocycles. The zero-order valence-electron chi connectivity index (χ0n) is 17.0. The molecule has 0 saturated heterocycles. The molecule has 1 aromatic rings. The van der Waals surface area contributed by atoms with Crippen molar-refractivity contribution in [3.05, 3.63) is 35.6 Å². The normalized spacial score (nSPS) is 12.0. The zero-order chi connectivity index (χ0) is 19.8. The predicted molar refractivity (Wildman–Crippen MR) is 118 cm³/mol. The smallest absolute Gasteiger partial charge is 0.408 e. The minimum absolute atomic E-state index is 0. The van der Waals surface area contributed by atoms with Crippen LogP contribution in [0, 0.1) is 5.82 Å². The third-order valence-corrected chi connectivity index (χ3v) is 3.21. The highest BCUT2D eigenvalue weighted by Gasteiger charge is 2.24. The number of rotatable bonds is 6. The summed E-state index contributed by atoms with van der Waals surface area (Å²) in [4.78, 5) is 16.4. The highest BCUT2D eigenvalue weighted by atomic mass is 127. The van der Waals surface area contributed by atoms with Gasteiger partial charge in [-0.25, -0.2) is 14.2 Å². The summed E-state index contributed by atoms with van der Waals surface area (Å²) in [5, 5.41) is 9.20. The third-order valence-electron chi connectivity index (χ3n) is 3.21. The Morgan fingerprint density at radius 3 is 2.22 bits per heavy atom. The highest BCUT2D eigenvalue weighted by molar-refractivity contribution is 14.0. The molecular weight excluding hydrogens is 462 g/mol. The van der Waals surface area contributed by atoms with E-state index in [0.29, 0.717) is 25.6 Å². The first-order valence-electron chi connectivity index (χ1n) is 8.78. The number of carbonyl (C=O) groups excluding carboxylic acids is 1. The van der Waals surface area contributed by atoms with Crippen molar-refractivity contribution in [1.29, 1.82) is 0 Å². The predicted octanol–water partition coefficient (Wildman–Crippen LogP) is 3.80. The van der Waals surface area contributed by atoms with Crippen LogP contribution in [0.2, 0.25) is 0 Å². The molecule has 3 N–H and O–H groups in total.